The fraction of sp³-hybridized carbons (Fsp3) is 0.500. The highest BCUT2D eigenvalue weighted by molar-refractivity contribution is 6.04. The summed E-state index contributed by atoms with van der Waals surface area (Å²) in [4.78, 5) is 12.4. The molecule has 1 aliphatic carbocycles. The molecule has 4 heteroatoms. The Labute approximate surface area is 106 Å². The number of hydrogen-bond donors (Lipinski definition) is 1. The monoisotopic (exact) mass is 248 g/mol. The average molecular weight is 248 g/mol. The highest BCUT2D eigenvalue weighted by atomic mass is 16.6. The fourth-order valence-corrected chi connectivity index (χ4v) is 2.33. The summed E-state index contributed by atoms with van der Waals surface area (Å²) in [6.45, 7) is 2.87. The van der Waals surface area contributed by atoms with Crippen LogP contribution in [0.5, 0.6) is 11.5 Å². The van der Waals surface area contributed by atoms with Crippen molar-refractivity contribution in [3.8, 4) is 11.5 Å². The van der Waals surface area contributed by atoms with Gasteiger partial charge >= 0.3 is 0 Å². The second-order valence-electron chi connectivity index (χ2n) is 5.08. The molecule has 0 bridgehead atoms. The zero-order chi connectivity index (χ0) is 12.8. The third-order valence-corrected chi connectivity index (χ3v) is 3.77. The number of Topliss-reactive ketones (excluding diaryl/α,β-unsaturated/α-hetero) is 1. The molecule has 4 nitrogen and oxygen atoms in total. The molecule has 1 heterocycles. The van der Waals surface area contributed by atoms with Gasteiger partial charge in [0, 0.05) is 5.56 Å². The third kappa shape index (κ3) is 1.68. The number of aliphatic hydroxyl groups excluding tert-OH is 1. The van der Waals surface area contributed by atoms with Crippen molar-refractivity contribution < 1.29 is 19.4 Å². The van der Waals surface area contributed by atoms with Crippen LogP contribution in [-0.2, 0) is 0 Å². The molecule has 0 unspecified atom stereocenters. The SMILES string of the molecule is Cc1cc2c(cc1C(=O)C1(CO)CC1)OCCO2. The molecule has 0 spiro atoms. The highest BCUT2D eigenvalue weighted by Gasteiger charge is 2.49. The summed E-state index contributed by atoms with van der Waals surface area (Å²) in [5.74, 6) is 1.35. The molecule has 0 amide bonds. The molecule has 2 aliphatic rings. The van der Waals surface area contributed by atoms with Crippen molar-refractivity contribution >= 4 is 5.78 Å². The highest BCUT2D eigenvalue weighted by Crippen LogP contribution is 2.49. The van der Waals surface area contributed by atoms with Gasteiger partial charge in [-0.1, -0.05) is 0 Å². The van der Waals surface area contributed by atoms with Crippen LogP contribution in [0, 0.1) is 12.3 Å². The lowest BCUT2D eigenvalue weighted by molar-refractivity contribution is 0.0828. The summed E-state index contributed by atoms with van der Waals surface area (Å²) in [5, 5.41) is 9.34. The molecule has 3 rings (SSSR count). The molecular weight excluding hydrogens is 232 g/mol. The van der Waals surface area contributed by atoms with E-state index in [-0.39, 0.29) is 12.4 Å². The number of rotatable bonds is 3. The van der Waals surface area contributed by atoms with Gasteiger partial charge < -0.3 is 14.6 Å². The maximum absolute atomic E-state index is 12.4. The second-order valence-corrected chi connectivity index (χ2v) is 5.08. The van der Waals surface area contributed by atoms with Crippen molar-refractivity contribution in [1.29, 1.82) is 0 Å². The molecule has 1 aromatic carbocycles. The minimum Gasteiger partial charge on any atom is -0.486 e. The maximum Gasteiger partial charge on any atom is 0.171 e. The molecule has 1 fully saturated rings. The van der Waals surface area contributed by atoms with E-state index < -0.39 is 5.41 Å². The average Bonchev–Trinajstić information content (AvgIpc) is 3.18. The van der Waals surface area contributed by atoms with Gasteiger partial charge in [0.25, 0.3) is 0 Å². The van der Waals surface area contributed by atoms with Gasteiger partial charge in [-0.25, -0.2) is 0 Å². The van der Waals surface area contributed by atoms with Crippen molar-refractivity contribution in [2.75, 3.05) is 19.8 Å². The molecule has 1 aromatic rings. The van der Waals surface area contributed by atoms with Gasteiger partial charge in [0.2, 0.25) is 0 Å². The van der Waals surface area contributed by atoms with E-state index in [9.17, 15) is 9.90 Å². The van der Waals surface area contributed by atoms with E-state index in [1.165, 1.54) is 0 Å². The van der Waals surface area contributed by atoms with E-state index in [1.807, 2.05) is 13.0 Å². The molecule has 1 N–H and O–H groups in total. The van der Waals surface area contributed by atoms with Crippen molar-refractivity contribution in [1.82, 2.24) is 0 Å². The summed E-state index contributed by atoms with van der Waals surface area (Å²) in [6, 6.07) is 3.59. The smallest absolute Gasteiger partial charge is 0.171 e. The first-order chi connectivity index (χ1) is 8.66. The van der Waals surface area contributed by atoms with Gasteiger partial charge in [-0.2, -0.15) is 0 Å². The Morgan fingerprint density at radius 1 is 1.28 bits per heavy atom. The van der Waals surface area contributed by atoms with Crippen LogP contribution in [0.25, 0.3) is 0 Å². The minimum absolute atomic E-state index is 0.0273. The summed E-state index contributed by atoms with van der Waals surface area (Å²) < 4.78 is 11.0. The van der Waals surface area contributed by atoms with Crippen LogP contribution < -0.4 is 9.47 Å². The summed E-state index contributed by atoms with van der Waals surface area (Å²) >= 11 is 0. The predicted molar refractivity (Wildman–Crippen MR) is 65.3 cm³/mol. The molecular formula is C14H16O4. The van der Waals surface area contributed by atoms with Gasteiger partial charge in [0.05, 0.1) is 12.0 Å². The number of fused-ring (bicyclic) bond motifs is 1. The molecule has 0 radical (unpaired) electrons. The van der Waals surface area contributed by atoms with Gasteiger partial charge in [-0.15, -0.1) is 0 Å². The molecule has 96 valence electrons. The Morgan fingerprint density at radius 3 is 2.44 bits per heavy atom. The Morgan fingerprint density at radius 2 is 1.89 bits per heavy atom. The van der Waals surface area contributed by atoms with E-state index in [0.29, 0.717) is 30.3 Å². The van der Waals surface area contributed by atoms with Crippen LogP contribution in [-0.4, -0.2) is 30.7 Å². The van der Waals surface area contributed by atoms with Crippen molar-refractivity contribution in [3.63, 3.8) is 0 Å². The first kappa shape index (κ1) is 11.5. The van der Waals surface area contributed by atoms with Crippen LogP contribution >= 0.6 is 0 Å². The number of ketones is 1. The van der Waals surface area contributed by atoms with E-state index >= 15 is 0 Å². The van der Waals surface area contributed by atoms with Gasteiger partial charge in [0.15, 0.2) is 17.3 Å². The zero-order valence-corrected chi connectivity index (χ0v) is 10.4. The van der Waals surface area contributed by atoms with E-state index in [0.717, 1.165) is 18.4 Å². The van der Waals surface area contributed by atoms with Gasteiger partial charge in [0.1, 0.15) is 13.2 Å². The van der Waals surface area contributed by atoms with Gasteiger partial charge in [-0.05, 0) is 37.5 Å². The summed E-state index contributed by atoms with van der Waals surface area (Å²) in [7, 11) is 0. The molecule has 0 atom stereocenters. The molecule has 1 aliphatic heterocycles. The molecule has 0 saturated heterocycles. The molecule has 1 saturated carbocycles. The fourth-order valence-electron chi connectivity index (χ4n) is 2.33. The van der Waals surface area contributed by atoms with E-state index in [1.54, 1.807) is 6.07 Å². The Kier molecular flexibility index (Phi) is 2.55. The number of benzene rings is 1. The largest absolute Gasteiger partial charge is 0.486 e. The van der Waals surface area contributed by atoms with Crippen LogP contribution in [0.1, 0.15) is 28.8 Å². The number of hydrogen-bond acceptors (Lipinski definition) is 4. The quantitative estimate of drug-likeness (QED) is 0.827. The molecule has 18 heavy (non-hydrogen) atoms. The van der Waals surface area contributed by atoms with Crippen LogP contribution in [0.2, 0.25) is 0 Å². The lowest BCUT2D eigenvalue weighted by atomic mass is 9.92. The van der Waals surface area contributed by atoms with Crippen molar-refractivity contribution in [2.45, 2.75) is 19.8 Å². The topological polar surface area (TPSA) is 55.8 Å². The van der Waals surface area contributed by atoms with Crippen LogP contribution in [0.4, 0.5) is 0 Å². The Hall–Kier alpha value is -1.55. The van der Waals surface area contributed by atoms with Crippen molar-refractivity contribution in [2.24, 2.45) is 5.41 Å². The summed E-state index contributed by atoms with van der Waals surface area (Å²) in [6.07, 6.45) is 1.55. The van der Waals surface area contributed by atoms with Crippen LogP contribution in [0.3, 0.4) is 0 Å². The van der Waals surface area contributed by atoms with Crippen molar-refractivity contribution in [3.05, 3.63) is 23.3 Å². The van der Waals surface area contributed by atoms with Gasteiger partial charge in [-0.3, -0.25) is 4.79 Å². The maximum atomic E-state index is 12.4. The van der Waals surface area contributed by atoms with E-state index in [2.05, 4.69) is 0 Å². The minimum atomic E-state index is -0.533. The number of ether oxygens (including phenoxy) is 2. The molecule has 0 aromatic heterocycles. The Balaban J connectivity index is 1.99. The lowest BCUT2D eigenvalue weighted by Crippen LogP contribution is -2.22. The second kappa shape index (κ2) is 3.99. The number of carbonyl (C=O) groups excluding carboxylic acids is 1. The number of aryl methyl sites for hydroxylation is 1. The number of aliphatic hydroxyl groups is 1. The van der Waals surface area contributed by atoms with Crippen LogP contribution in [0.15, 0.2) is 12.1 Å². The normalized spacial score (nSPS) is 19.4. The predicted octanol–water partition coefficient (Wildman–Crippen LogP) is 1.72. The lowest BCUT2D eigenvalue weighted by Gasteiger charge is -2.21. The first-order valence-corrected chi connectivity index (χ1v) is 6.22. The number of carbonyl (C=O) groups is 1. The standard InChI is InChI=1S/C14H16O4/c1-9-6-11-12(18-5-4-17-11)7-10(9)13(16)14(8-15)2-3-14/h6-7,15H,2-5,8H2,1H3. The first-order valence-electron chi connectivity index (χ1n) is 6.22. The van der Waals surface area contributed by atoms with E-state index in [4.69, 9.17) is 9.47 Å². The Bertz CT molecular complexity index is 503. The third-order valence-electron chi connectivity index (χ3n) is 3.77. The zero-order valence-electron chi connectivity index (χ0n) is 10.4. The summed E-state index contributed by atoms with van der Waals surface area (Å²) in [5.41, 5.74) is 0.990.